The number of nitrogens with zero attached hydrogens (tertiary/aromatic N) is 3. The normalized spacial score (nSPS) is 10.1. The fourth-order valence-corrected chi connectivity index (χ4v) is 1.61. The van der Waals surface area contributed by atoms with E-state index in [1.54, 1.807) is 18.5 Å². The van der Waals surface area contributed by atoms with E-state index < -0.39 is 0 Å². The van der Waals surface area contributed by atoms with Crippen molar-refractivity contribution in [1.29, 1.82) is 0 Å². The molecular weight excluding hydrogens is 246 g/mol. The molecule has 3 N–H and O–H groups in total. The van der Waals surface area contributed by atoms with E-state index in [4.69, 9.17) is 18.0 Å². The van der Waals surface area contributed by atoms with Crippen LogP contribution in [0.3, 0.4) is 0 Å². The van der Waals surface area contributed by atoms with E-state index in [0.717, 1.165) is 16.9 Å². The minimum atomic E-state index is 0.255. The molecule has 0 aliphatic heterocycles. The quantitative estimate of drug-likeness (QED) is 0.819. The number of hydrogen-bond acceptors (Lipinski definition) is 5. The Balaban J connectivity index is 2.31. The highest BCUT2D eigenvalue weighted by molar-refractivity contribution is 7.80. The molecule has 0 atom stereocenters. The van der Waals surface area contributed by atoms with Crippen molar-refractivity contribution < 1.29 is 0 Å². The summed E-state index contributed by atoms with van der Waals surface area (Å²) in [5.41, 5.74) is 8.81. The first kappa shape index (κ1) is 12.4. The second-order valence-electron chi connectivity index (χ2n) is 3.96. The molecule has 0 saturated carbocycles. The van der Waals surface area contributed by atoms with Crippen LogP contribution in [0.25, 0.3) is 0 Å². The van der Waals surface area contributed by atoms with Crippen molar-refractivity contribution in [3.63, 3.8) is 0 Å². The van der Waals surface area contributed by atoms with Crippen molar-refractivity contribution >= 4 is 28.8 Å². The highest BCUT2D eigenvalue weighted by Gasteiger charge is 2.05. The number of hydrogen-bond donors (Lipinski definition) is 2. The summed E-state index contributed by atoms with van der Waals surface area (Å²) in [6, 6.07) is 3.71. The maximum Gasteiger partial charge on any atom is 0.228 e. The minimum Gasteiger partial charge on any atom is -0.388 e. The highest BCUT2D eigenvalue weighted by Crippen LogP contribution is 2.13. The molecule has 5 nitrogen and oxygen atoms in total. The summed E-state index contributed by atoms with van der Waals surface area (Å²) in [5, 5.41) is 3.08. The maximum absolute atomic E-state index is 5.57. The maximum atomic E-state index is 5.57. The number of thiocarbonyl (C=S) groups is 1. The Bertz CT molecular complexity index is 597. The summed E-state index contributed by atoms with van der Waals surface area (Å²) in [6.07, 6.45) is 3.49. The SMILES string of the molecule is Cc1cncc(Nc2nc(C)cc(C(N)=S)n2)c1. The van der Waals surface area contributed by atoms with E-state index in [1.165, 1.54) is 0 Å². The Hall–Kier alpha value is -2.08. The fourth-order valence-electron chi connectivity index (χ4n) is 1.50. The van der Waals surface area contributed by atoms with Gasteiger partial charge in [0, 0.05) is 11.9 Å². The summed E-state index contributed by atoms with van der Waals surface area (Å²) < 4.78 is 0. The van der Waals surface area contributed by atoms with Crippen LogP contribution in [0.2, 0.25) is 0 Å². The monoisotopic (exact) mass is 259 g/mol. The third kappa shape index (κ3) is 2.98. The molecule has 0 bridgehead atoms. The lowest BCUT2D eigenvalue weighted by molar-refractivity contribution is 1.09. The molecule has 0 spiro atoms. The molecule has 0 unspecified atom stereocenters. The van der Waals surface area contributed by atoms with Gasteiger partial charge in [0.1, 0.15) is 10.7 Å². The standard InChI is InChI=1S/C12H13N5S/c1-7-3-9(6-14-5-7)16-12-15-8(2)4-10(17-12)11(13)18/h3-6H,1-2H3,(H2,13,18)(H,15,16,17). The van der Waals surface area contributed by atoms with Gasteiger partial charge in [0.15, 0.2) is 0 Å². The highest BCUT2D eigenvalue weighted by atomic mass is 32.1. The van der Waals surface area contributed by atoms with E-state index in [9.17, 15) is 0 Å². The minimum absolute atomic E-state index is 0.255. The predicted molar refractivity (Wildman–Crippen MR) is 74.9 cm³/mol. The van der Waals surface area contributed by atoms with Crippen LogP contribution in [-0.2, 0) is 0 Å². The molecule has 0 radical (unpaired) electrons. The first-order valence-electron chi connectivity index (χ1n) is 5.39. The molecule has 2 rings (SSSR count). The lowest BCUT2D eigenvalue weighted by Gasteiger charge is -2.07. The molecule has 0 aromatic carbocycles. The lowest BCUT2D eigenvalue weighted by atomic mass is 10.3. The third-order valence-electron chi connectivity index (χ3n) is 2.24. The molecule has 0 saturated heterocycles. The molecule has 2 aromatic heterocycles. The van der Waals surface area contributed by atoms with Crippen molar-refractivity contribution in [2.24, 2.45) is 5.73 Å². The van der Waals surface area contributed by atoms with Crippen LogP contribution in [0.15, 0.2) is 24.5 Å². The van der Waals surface area contributed by atoms with Crippen LogP contribution in [0.1, 0.15) is 17.0 Å². The summed E-state index contributed by atoms with van der Waals surface area (Å²) in [5.74, 6) is 0.463. The van der Waals surface area contributed by atoms with E-state index in [2.05, 4.69) is 20.3 Å². The largest absolute Gasteiger partial charge is 0.388 e. The topological polar surface area (TPSA) is 76.7 Å². The second-order valence-corrected chi connectivity index (χ2v) is 4.40. The van der Waals surface area contributed by atoms with Crippen LogP contribution in [0.5, 0.6) is 0 Å². The van der Waals surface area contributed by atoms with E-state index in [0.29, 0.717) is 11.6 Å². The number of aromatic nitrogens is 3. The smallest absolute Gasteiger partial charge is 0.228 e. The molecule has 18 heavy (non-hydrogen) atoms. The number of pyridine rings is 1. The number of nitrogens with two attached hydrogens (primary N) is 1. The summed E-state index contributed by atoms with van der Waals surface area (Å²) in [4.78, 5) is 12.9. The second kappa shape index (κ2) is 5.05. The van der Waals surface area contributed by atoms with E-state index in [1.807, 2.05) is 19.9 Å². The predicted octanol–water partition coefficient (Wildman–Crippen LogP) is 1.87. The Morgan fingerprint density at radius 2 is 2.00 bits per heavy atom. The van der Waals surface area contributed by atoms with Crippen LogP contribution < -0.4 is 11.1 Å². The molecule has 2 aromatic rings. The zero-order valence-electron chi connectivity index (χ0n) is 10.1. The molecular formula is C12H13N5S. The molecule has 6 heteroatoms. The molecule has 2 heterocycles. The van der Waals surface area contributed by atoms with Crippen LogP contribution in [-0.4, -0.2) is 19.9 Å². The van der Waals surface area contributed by atoms with Gasteiger partial charge in [-0.3, -0.25) is 4.98 Å². The number of rotatable bonds is 3. The van der Waals surface area contributed by atoms with Gasteiger partial charge in [0.2, 0.25) is 5.95 Å². The van der Waals surface area contributed by atoms with E-state index in [-0.39, 0.29) is 4.99 Å². The molecule has 0 aliphatic rings. The number of anilines is 2. The van der Waals surface area contributed by atoms with Gasteiger partial charge in [-0.1, -0.05) is 12.2 Å². The summed E-state index contributed by atoms with van der Waals surface area (Å²) in [7, 11) is 0. The Labute approximate surface area is 110 Å². The van der Waals surface area contributed by atoms with Gasteiger partial charge in [-0.05, 0) is 31.5 Å². The molecule has 92 valence electrons. The molecule has 0 amide bonds. The first-order valence-corrected chi connectivity index (χ1v) is 5.79. The summed E-state index contributed by atoms with van der Waals surface area (Å²) in [6.45, 7) is 3.83. The average Bonchev–Trinajstić information content (AvgIpc) is 2.28. The lowest BCUT2D eigenvalue weighted by Crippen LogP contribution is -2.13. The van der Waals surface area contributed by atoms with Gasteiger partial charge in [0.25, 0.3) is 0 Å². The van der Waals surface area contributed by atoms with Gasteiger partial charge >= 0.3 is 0 Å². The van der Waals surface area contributed by atoms with E-state index >= 15 is 0 Å². The van der Waals surface area contributed by atoms with Gasteiger partial charge in [-0.2, -0.15) is 0 Å². The average molecular weight is 259 g/mol. The molecule has 0 fully saturated rings. The van der Waals surface area contributed by atoms with Crippen molar-refractivity contribution in [3.8, 4) is 0 Å². The Morgan fingerprint density at radius 1 is 1.22 bits per heavy atom. The summed E-state index contributed by atoms with van der Waals surface area (Å²) >= 11 is 4.91. The zero-order valence-corrected chi connectivity index (χ0v) is 11.0. The van der Waals surface area contributed by atoms with Gasteiger partial charge in [-0.25, -0.2) is 9.97 Å². The van der Waals surface area contributed by atoms with Gasteiger partial charge in [-0.15, -0.1) is 0 Å². The fraction of sp³-hybridized carbons (Fsp3) is 0.167. The van der Waals surface area contributed by atoms with Crippen molar-refractivity contribution in [1.82, 2.24) is 15.0 Å². The van der Waals surface area contributed by atoms with Crippen LogP contribution in [0.4, 0.5) is 11.6 Å². The van der Waals surface area contributed by atoms with Crippen LogP contribution in [0, 0.1) is 13.8 Å². The van der Waals surface area contributed by atoms with Crippen molar-refractivity contribution in [2.45, 2.75) is 13.8 Å². The zero-order chi connectivity index (χ0) is 13.1. The van der Waals surface area contributed by atoms with Crippen molar-refractivity contribution in [2.75, 3.05) is 5.32 Å². The number of aryl methyl sites for hydroxylation is 2. The van der Waals surface area contributed by atoms with Crippen molar-refractivity contribution in [3.05, 3.63) is 41.5 Å². The third-order valence-corrected chi connectivity index (χ3v) is 2.45. The first-order chi connectivity index (χ1) is 8.54. The Morgan fingerprint density at radius 3 is 2.67 bits per heavy atom. The van der Waals surface area contributed by atoms with Gasteiger partial charge < -0.3 is 11.1 Å². The Kier molecular flexibility index (Phi) is 3.47. The van der Waals surface area contributed by atoms with Gasteiger partial charge in [0.05, 0.1) is 11.9 Å². The number of nitrogens with one attached hydrogen (secondary N) is 1. The van der Waals surface area contributed by atoms with Crippen LogP contribution >= 0.6 is 12.2 Å². The molecule has 0 aliphatic carbocycles.